The maximum Gasteiger partial charge on any atom is 0.341 e. The maximum absolute atomic E-state index is 13.8. The Hall–Kier alpha value is -2.64. The zero-order valence-electron chi connectivity index (χ0n) is 22.3. The Kier molecular flexibility index (Phi) is 7.59. The van der Waals surface area contributed by atoms with Crippen molar-refractivity contribution >= 4 is 29.1 Å². The van der Waals surface area contributed by atoms with Crippen LogP contribution in [0.3, 0.4) is 0 Å². The Labute approximate surface area is 223 Å². The number of benzene rings is 1. The molecule has 0 spiro atoms. The van der Waals surface area contributed by atoms with Crippen molar-refractivity contribution in [3.05, 3.63) is 51.3 Å². The van der Waals surface area contributed by atoms with Gasteiger partial charge < -0.3 is 19.5 Å². The van der Waals surface area contributed by atoms with Crippen LogP contribution < -0.4 is 4.74 Å². The van der Waals surface area contributed by atoms with Gasteiger partial charge in [-0.1, -0.05) is 45.4 Å². The van der Waals surface area contributed by atoms with E-state index in [0.29, 0.717) is 37.1 Å². The number of Topliss-reactive ketones (excluding diaryl/α,β-unsaturated/α-hetero) is 2. The summed E-state index contributed by atoms with van der Waals surface area (Å²) in [5, 5.41) is 9.21. The Morgan fingerprint density at radius 1 is 1.03 bits per heavy atom. The van der Waals surface area contributed by atoms with Crippen molar-refractivity contribution in [1.29, 1.82) is 0 Å². The van der Waals surface area contributed by atoms with E-state index in [4.69, 9.17) is 26.2 Å². The second-order valence-electron chi connectivity index (χ2n) is 11.9. The van der Waals surface area contributed by atoms with Crippen LogP contribution in [0.25, 0.3) is 0 Å². The van der Waals surface area contributed by atoms with E-state index in [1.807, 2.05) is 0 Å². The molecule has 1 aliphatic heterocycles. The molecule has 0 unspecified atom stereocenters. The molecule has 0 atom stereocenters. The highest BCUT2D eigenvalue weighted by molar-refractivity contribution is 6.32. The molecule has 0 aromatic heterocycles. The fraction of sp³-hybridized carbons (Fsp3) is 0.552. The summed E-state index contributed by atoms with van der Waals surface area (Å²) in [5.74, 6) is -1.25. The fourth-order valence-corrected chi connectivity index (χ4v) is 6.21. The summed E-state index contributed by atoms with van der Waals surface area (Å²) in [6.45, 7) is 9.21. The van der Waals surface area contributed by atoms with Crippen molar-refractivity contribution in [3.8, 4) is 5.75 Å². The summed E-state index contributed by atoms with van der Waals surface area (Å²) in [6, 6.07) is 5.13. The molecule has 0 fully saturated rings. The van der Waals surface area contributed by atoms with Gasteiger partial charge in [-0.15, -0.1) is 0 Å². The zero-order valence-corrected chi connectivity index (χ0v) is 23.0. The molecule has 0 bridgehead atoms. The second-order valence-corrected chi connectivity index (χ2v) is 12.3. The van der Waals surface area contributed by atoms with Gasteiger partial charge in [-0.2, -0.15) is 0 Å². The van der Waals surface area contributed by atoms with Gasteiger partial charge in [-0.25, -0.2) is 4.79 Å². The minimum absolute atomic E-state index is 0.0551. The van der Waals surface area contributed by atoms with Crippen LogP contribution in [-0.2, 0) is 19.1 Å². The van der Waals surface area contributed by atoms with Gasteiger partial charge >= 0.3 is 5.97 Å². The number of carbonyl (C=O) groups excluding carboxylic acids is 2. The maximum atomic E-state index is 13.8. The van der Waals surface area contributed by atoms with Crippen LogP contribution in [0.2, 0.25) is 5.02 Å². The molecule has 1 heterocycles. The van der Waals surface area contributed by atoms with Gasteiger partial charge in [0.05, 0.1) is 5.02 Å². The predicted octanol–water partition coefficient (Wildman–Crippen LogP) is 5.53. The van der Waals surface area contributed by atoms with E-state index in [1.54, 1.807) is 25.3 Å². The molecule has 8 heteroatoms. The fourth-order valence-electron chi connectivity index (χ4n) is 5.97. The number of hydrogen-bond donors (Lipinski definition) is 1. The zero-order chi connectivity index (χ0) is 27.1. The average Bonchev–Trinajstić information content (AvgIpc) is 2.77. The lowest BCUT2D eigenvalue weighted by molar-refractivity contribution is -0.139. The number of allylic oxidation sites excluding steroid dienone is 4. The lowest BCUT2D eigenvalue weighted by Crippen LogP contribution is -2.44. The van der Waals surface area contributed by atoms with Crippen molar-refractivity contribution in [2.75, 3.05) is 26.9 Å². The van der Waals surface area contributed by atoms with Crippen molar-refractivity contribution in [2.45, 2.75) is 65.7 Å². The molecule has 1 aromatic carbocycles. The Morgan fingerprint density at radius 2 is 1.59 bits per heavy atom. The summed E-state index contributed by atoms with van der Waals surface area (Å²) < 4.78 is 10.6. The summed E-state index contributed by atoms with van der Waals surface area (Å²) in [7, 11) is 1.68. The Bertz CT molecular complexity index is 1140. The summed E-state index contributed by atoms with van der Waals surface area (Å²) in [4.78, 5) is 40.7. The molecule has 0 saturated heterocycles. The number of hydrogen-bond acceptors (Lipinski definition) is 6. The van der Waals surface area contributed by atoms with Crippen LogP contribution in [0.15, 0.2) is 40.7 Å². The first kappa shape index (κ1) is 27.4. The summed E-state index contributed by atoms with van der Waals surface area (Å²) in [6.07, 6.45) is 3.06. The molecule has 0 saturated carbocycles. The highest BCUT2D eigenvalue weighted by Gasteiger charge is 2.48. The quantitative estimate of drug-likeness (QED) is 0.443. The molecular formula is C29H36ClNO6. The number of rotatable bonds is 8. The van der Waals surface area contributed by atoms with Crippen molar-refractivity contribution in [2.24, 2.45) is 10.8 Å². The first-order chi connectivity index (χ1) is 17.3. The standard InChI is InChI=1S/C29H36ClNO6/c1-28(2)12-19-26(21(32)14-28)25(17-7-8-23(18(30)11-17)37-16-24(34)35)27-20(31(19)9-6-10-36-5)13-29(3,4)15-22(27)33/h7-8,11,25H,6,9-10,12-16H2,1-5H3,(H,34,35). The molecule has 1 N–H and O–H groups in total. The van der Waals surface area contributed by atoms with Crippen LogP contribution in [-0.4, -0.2) is 54.4 Å². The van der Waals surface area contributed by atoms with Gasteiger partial charge in [0, 0.05) is 61.6 Å². The molecule has 37 heavy (non-hydrogen) atoms. The largest absolute Gasteiger partial charge is 0.480 e. The number of aliphatic carboxylic acids is 1. The molecule has 3 aliphatic rings. The van der Waals surface area contributed by atoms with E-state index in [1.165, 1.54) is 0 Å². The van der Waals surface area contributed by atoms with Crippen molar-refractivity contribution in [1.82, 2.24) is 4.90 Å². The van der Waals surface area contributed by atoms with E-state index < -0.39 is 18.5 Å². The van der Waals surface area contributed by atoms with Crippen molar-refractivity contribution in [3.63, 3.8) is 0 Å². The molecule has 2 aliphatic carbocycles. The van der Waals surface area contributed by atoms with E-state index >= 15 is 0 Å². The van der Waals surface area contributed by atoms with Gasteiger partial charge in [0.15, 0.2) is 18.2 Å². The van der Waals surface area contributed by atoms with E-state index in [9.17, 15) is 14.4 Å². The topological polar surface area (TPSA) is 93.1 Å². The van der Waals surface area contributed by atoms with Crippen LogP contribution in [0.5, 0.6) is 5.75 Å². The first-order valence-corrected chi connectivity index (χ1v) is 13.1. The van der Waals surface area contributed by atoms with E-state index in [-0.39, 0.29) is 33.2 Å². The number of ketones is 2. The smallest absolute Gasteiger partial charge is 0.341 e. The van der Waals surface area contributed by atoms with Gasteiger partial charge in [0.25, 0.3) is 0 Å². The van der Waals surface area contributed by atoms with Gasteiger partial charge in [0.1, 0.15) is 5.75 Å². The van der Waals surface area contributed by atoms with Crippen molar-refractivity contribution < 1.29 is 29.0 Å². The number of halogens is 1. The van der Waals surface area contributed by atoms with Crippen LogP contribution in [0.4, 0.5) is 0 Å². The van der Waals surface area contributed by atoms with Crippen LogP contribution in [0, 0.1) is 10.8 Å². The second kappa shape index (κ2) is 10.3. The molecule has 1 aromatic rings. The lowest BCUT2D eigenvalue weighted by Gasteiger charge is -2.49. The number of nitrogens with zero attached hydrogens (tertiary/aromatic N) is 1. The first-order valence-electron chi connectivity index (χ1n) is 12.8. The van der Waals surface area contributed by atoms with E-state index in [0.717, 1.165) is 36.2 Å². The normalized spacial score (nSPS) is 21.2. The predicted molar refractivity (Wildman–Crippen MR) is 141 cm³/mol. The minimum Gasteiger partial charge on any atom is -0.480 e. The van der Waals surface area contributed by atoms with Crippen LogP contribution in [0.1, 0.15) is 71.3 Å². The number of carboxylic acid groups (broad SMARTS) is 1. The molecule has 4 rings (SSSR count). The monoisotopic (exact) mass is 529 g/mol. The Morgan fingerprint density at radius 3 is 2.08 bits per heavy atom. The Balaban J connectivity index is 1.89. The SMILES string of the molecule is COCCCN1C2=C(C(=O)CC(C)(C)C2)C(c2ccc(OCC(=O)O)c(Cl)c2)C2=C1CC(C)(C)CC2=O. The molecule has 0 amide bonds. The highest BCUT2D eigenvalue weighted by Crippen LogP contribution is 2.54. The lowest BCUT2D eigenvalue weighted by atomic mass is 9.63. The van der Waals surface area contributed by atoms with Crippen LogP contribution >= 0.6 is 11.6 Å². The van der Waals surface area contributed by atoms with Gasteiger partial charge in [-0.3, -0.25) is 9.59 Å². The third kappa shape index (κ3) is 5.63. The third-order valence-corrected chi connectivity index (χ3v) is 7.69. The number of carbonyl (C=O) groups is 3. The summed E-state index contributed by atoms with van der Waals surface area (Å²) >= 11 is 6.51. The summed E-state index contributed by atoms with van der Waals surface area (Å²) in [5.41, 5.74) is 3.70. The number of ether oxygens (including phenoxy) is 2. The molecular weight excluding hydrogens is 494 g/mol. The molecule has 0 radical (unpaired) electrons. The number of carboxylic acids is 1. The molecule has 7 nitrogen and oxygen atoms in total. The highest BCUT2D eigenvalue weighted by atomic mass is 35.5. The van der Waals surface area contributed by atoms with E-state index in [2.05, 4.69) is 32.6 Å². The number of methoxy groups -OCH3 is 1. The molecule has 200 valence electrons. The minimum atomic E-state index is -1.10. The van der Waals surface area contributed by atoms with Gasteiger partial charge in [-0.05, 0) is 47.8 Å². The average molecular weight is 530 g/mol. The van der Waals surface area contributed by atoms with Gasteiger partial charge in [0.2, 0.25) is 0 Å². The third-order valence-electron chi connectivity index (χ3n) is 7.39.